The maximum Gasteiger partial charge on any atom is 0.407 e. The second-order valence-electron chi connectivity index (χ2n) is 9.80. The Balaban J connectivity index is 1.58. The summed E-state index contributed by atoms with van der Waals surface area (Å²) in [5.41, 5.74) is 4.01. The highest BCUT2D eigenvalue weighted by molar-refractivity contribution is 5.95. The van der Waals surface area contributed by atoms with Crippen LogP contribution in [-0.2, 0) is 7.05 Å². The molecule has 1 amide bonds. The number of fused-ring (bicyclic) bond motifs is 2. The third-order valence-corrected chi connectivity index (χ3v) is 6.39. The van der Waals surface area contributed by atoms with E-state index in [1.54, 1.807) is 0 Å². The van der Waals surface area contributed by atoms with Gasteiger partial charge in [-0.15, -0.1) is 0 Å². The number of rotatable bonds is 3. The Morgan fingerprint density at radius 2 is 2.06 bits per heavy atom. The van der Waals surface area contributed by atoms with E-state index >= 15 is 0 Å². The number of hydrogen-bond donors (Lipinski definition) is 2. The van der Waals surface area contributed by atoms with Crippen molar-refractivity contribution in [3.63, 3.8) is 0 Å². The normalized spacial score (nSPS) is 19.0. The third-order valence-electron chi connectivity index (χ3n) is 6.39. The molecule has 2 atom stereocenters. The van der Waals surface area contributed by atoms with Crippen LogP contribution in [0.2, 0.25) is 0 Å². The molecule has 1 saturated heterocycles. The van der Waals surface area contributed by atoms with Crippen molar-refractivity contribution in [2.45, 2.75) is 46.3 Å². The molecule has 0 aliphatic carbocycles. The molecule has 0 saturated carbocycles. The standard InChI is InChI=1S/C24H28N6O3/c1-13-11-14-7-6-8-15(17(14)27-13)20-28-18-21(29(20)5)25-12-26-22(18)33-16-9-10-30(23(31)32)19(16)24(2,3)4/h6-8,11-12,16,19,27H,9-10H2,1-5H3,(H,31,32). The molecule has 4 heterocycles. The van der Waals surface area contributed by atoms with E-state index < -0.39 is 6.09 Å². The van der Waals surface area contributed by atoms with E-state index in [4.69, 9.17) is 9.72 Å². The van der Waals surface area contributed by atoms with Crippen molar-refractivity contribution in [3.05, 3.63) is 36.3 Å². The van der Waals surface area contributed by atoms with Gasteiger partial charge in [0.15, 0.2) is 11.2 Å². The summed E-state index contributed by atoms with van der Waals surface area (Å²) in [7, 11) is 1.93. The summed E-state index contributed by atoms with van der Waals surface area (Å²) in [6.07, 6.45) is 0.821. The van der Waals surface area contributed by atoms with E-state index in [2.05, 4.69) is 27.1 Å². The van der Waals surface area contributed by atoms with Crippen molar-refractivity contribution in [2.75, 3.05) is 6.54 Å². The Morgan fingerprint density at radius 3 is 2.79 bits per heavy atom. The number of H-pyrrole nitrogens is 1. The van der Waals surface area contributed by atoms with Crippen LogP contribution < -0.4 is 4.74 Å². The summed E-state index contributed by atoms with van der Waals surface area (Å²) in [6.45, 7) is 8.55. The molecule has 9 nitrogen and oxygen atoms in total. The first-order valence-electron chi connectivity index (χ1n) is 11.1. The summed E-state index contributed by atoms with van der Waals surface area (Å²) < 4.78 is 8.30. The predicted octanol–water partition coefficient (Wildman–Crippen LogP) is 4.37. The molecular formula is C24H28N6O3. The van der Waals surface area contributed by atoms with Gasteiger partial charge in [0.2, 0.25) is 5.88 Å². The van der Waals surface area contributed by atoms with Crippen molar-refractivity contribution in [1.29, 1.82) is 0 Å². The van der Waals surface area contributed by atoms with Crippen LogP contribution in [0, 0.1) is 12.3 Å². The molecule has 4 aromatic rings. The van der Waals surface area contributed by atoms with Gasteiger partial charge in [-0.25, -0.2) is 14.8 Å². The lowest BCUT2D eigenvalue weighted by Gasteiger charge is -2.36. The van der Waals surface area contributed by atoms with Gasteiger partial charge < -0.3 is 24.3 Å². The molecule has 33 heavy (non-hydrogen) atoms. The van der Waals surface area contributed by atoms with Gasteiger partial charge in [-0.1, -0.05) is 32.9 Å². The van der Waals surface area contributed by atoms with Crippen LogP contribution in [0.5, 0.6) is 5.88 Å². The number of carbonyl (C=O) groups is 1. The fourth-order valence-electron chi connectivity index (χ4n) is 5.06. The van der Waals surface area contributed by atoms with E-state index in [1.165, 1.54) is 11.2 Å². The topological polar surface area (TPSA) is 109 Å². The first-order chi connectivity index (χ1) is 15.6. The number of hydrogen-bond acceptors (Lipinski definition) is 5. The number of amides is 1. The molecule has 1 fully saturated rings. The average Bonchev–Trinajstić information content (AvgIpc) is 3.43. The van der Waals surface area contributed by atoms with Crippen molar-refractivity contribution < 1.29 is 14.6 Å². The number of imidazole rings is 1. The zero-order valence-corrected chi connectivity index (χ0v) is 19.5. The van der Waals surface area contributed by atoms with Crippen LogP contribution in [0.4, 0.5) is 4.79 Å². The Kier molecular flexibility index (Phi) is 4.81. The minimum Gasteiger partial charge on any atom is -0.470 e. The molecule has 0 spiro atoms. The van der Waals surface area contributed by atoms with Crippen molar-refractivity contribution in [1.82, 2.24) is 29.4 Å². The Morgan fingerprint density at radius 1 is 1.27 bits per heavy atom. The maximum absolute atomic E-state index is 11.8. The van der Waals surface area contributed by atoms with Gasteiger partial charge in [0.05, 0.1) is 11.6 Å². The number of benzene rings is 1. The number of nitrogens with zero attached hydrogens (tertiary/aromatic N) is 5. The average molecular weight is 449 g/mol. The molecule has 9 heteroatoms. The van der Waals surface area contributed by atoms with E-state index in [0.717, 1.165) is 28.0 Å². The van der Waals surface area contributed by atoms with Crippen LogP contribution in [0.1, 0.15) is 32.9 Å². The number of likely N-dealkylation sites (tertiary alicyclic amines) is 1. The van der Waals surface area contributed by atoms with Gasteiger partial charge >= 0.3 is 6.09 Å². The Hall–Kier alpha value is -3.62. The van der Waals surface area contributed by atoms with Crippen molar-refractivity contribution >= 4 is 28.2 Å². The lowest BCUT2D eigenvalue weighted by atomic mass is 9.84. The van der Waals surface area contributed by atoms with Crippen LogP contribution in [-0.4, -0.2) is 59.3 Å². The van der Waals surface area contributed by atoms with Crippen LogP contribution in [0.3, 0.4) is 0 Å². The molecule has 2 unspecified atom stereocenters. The van der Waals surface area contributed by atoms with Gasteiger partial charge in [-0.05, 0) is 24.5 Å². The van der Waals surface area contributed by atoms with E-state index in [1.807, 2.05) is 51.4 Å². The number of ether oxygens (including phenoxy) is 1. The number of para-hydroxylation sites is 1. The van der Waals surface area contributed by atoms with E-state index in [9.17, 15) is 9.90 Å². The minimum atomic E-state index is -0.927. The van der Waals surface area contributed by atoms with Gasteiger partial charge in [0.1, 0.15) is 18.3 Å². The number of carboxylic acid groups (broad SMARTS) is 1. The molecule has 1 aliphatic heterocycles. The fourth-order valence-corrected chi connectivity index (χ4v) is 5.06. The first-order valence-corrected chi connectivity index (χ1v) is 11.1. The zero-order chi connectivity index (χ0) is 23.5. The summed E-state index contributed by atoms with van der Waals surface area (Å²) in [6, 6.07) is 7.93. The summed E-state index contributed by atoms with van der Waals surface area (Å²) in [4.78, 5) is 30.4. The molecule has 0 bridgehead atoms. The van der Waals surface area contributed by atoms with E-state index in [-0.39, 0.29) is 17.6 Å². The Labute approximate surface area is 191 Å². The van der Waals surface area contributed by atoms with Crippen molar-refractivity contribution in [3.8, 4) is 17.3 Å². The highest BCUT2D eigenvalue weighted by atomic mass is 16.5. The largest absolute Gasteiger partial charge is 0.470 e. The molecule has 3 aromatic heterocycles. The van der Waals surface area contributed by atoms with Crippen LogP contribution >= 0.6 is 0 Å². The second kappa shape index (κ2) is 7.47. The van der Waals surface area contributed by atoms with Gasteiger partial charge in [0.25, 0.3) is 0 Å². The van der Waals surface area contributed by atoms with Gasteiger partial charge in [0, 0.05) is 36.7 Å². The highest BCUT2D eigenvalue weighted by Gasteiger charge is 2.45. The molecule has 2 N–H and O–H groups in total. The van der Waals surface area contributed by atoms with Crippen molar-refractivity contribution in [2.24, 2.45) is 12.5 Å². The van der Waals surface area contributed by atoms with Gasteiger partial charge in [-0.3, -0.25) is 0 Å². The molecule has 0 radical (unpaired) electrons. The summed E-state index contributed by atoms with van der Waals surface area (Å²) in [5, 5.41) is 10.8. The third kappa shape index (κ3) is 3.48. The molecule has 1 aliphatic rings. The number of nitrogens with one attached hydrogen (secondary N) is 1. The maximum atomic E-state index is 11.8. The van der Waals surface area contributed by atoms with Crippen LogP contribution in [0.25, 0.3) is 33.5 Å². The Bertz CT molecular complexity index is 1370. The quantitative estimate of drug-likeness (QED) is 0.482. The molecule has 172 valence electrons. The number of aromatic amines is 1. The smallest absolute Gasteiger partial charge is 0.407 e. The zero-order valence-electron chi connectivity index (χ0n) is 19.5. The molecule has 1 aromatic carbocycles. The van der Waals surface area contributed by atoms with Crippen LogP contribution in [0.15, 0.2) is 30.6 Å². The summed E-state index contributed by atoms with van der Waals surface area (Å²) >= 11 is 0. The monoisotopic (exact) mass is 448 g/mol. The molecule has 5 rings (SSSR count). The first kappa shape index (κ1) is 21.2. The SMILES string of the molecule is Cc1cc2cccc(-c3nc4c(OC5CCN(C(=O)O)C5C(C)(C)C)ncnc4n3C)c2[nH]1. The highest BCUT2D eigenvalue weighted by Crippen LogP contribution is 2.37. The van der Waals surface area contributed by atoms with Gasteiger partial charge in [-0.2, -0.15) is 4.98 Å². The lowest BCUT2D eigenvalue weighted by Crippen LogP contribution is -2.48. The fraction of sp³-hybridized carbons (Fsp3) is 0.417. The summed E-state index contributed by atoms with van der Waals surface area (Å²) in [5.74, 6) is 1.14. The predicted molar refractivity (Wildman–Crippen MR) is 125 cm³/mol. The number of aromatic nitrogens is 5. The number of aryl methyl sites for hydroxylation is 2. The second-order valence-corrected chi connectivity index (χ2v) is 9.80. The molecular weight excluding hydrogens is 420 g/mol. The lowest BCUT2D eigenvalue weighted by molar-refractivity contribution is 0.0558. The minimum absolute atomic E-state index is 0.290. The van der Waals surface area contributed by atoms with E-state index in [0.29, 0.717) is 30.0 Å².